The van der Waals surface area contributed by atoms with Crippen LogP contribution in [0.1, 0.15) is 17.1 Å². The first-order valence-corrected chi connectivity index (χ1v) is 8.78. The first kappa shape index (κ1) is 14.4. The average molecular weight is 344 g/mol. The summed E-state index contributed by atoms with van der Waals surface area (Å²) in [5, 5.41) is 4.60. The number of rotatable bonds is 4. The molecule has 0 radical (unpaired) electrons. The van der Waals surface area contributed by atoms with E-state index in [9.17, 15) is 0 Å². The highest BCUT2D eigenvalue weighted by molar-refractivity contribution is 7.98. The molecule has 0 amide bonds. The van der Waals surface area contributed by atoms with Crippen molar-refractivity contribution < 1.29 is 8.94 Å². The molecule has 3 heterocycles. The van der Waals surface area contributed by atoms with Crippen LogP contribution in [0, 0.1) is 13.8 Å². The van der Waals surface area contributed by atoms with Gasteiger partial charge in [0.25, 0.3) is 11.1 Å². The van der Waals surface area contributed by atoms with Crippen molar-refractivity contribution >= 4 is 34.2 Å². The van der Waals surface area contributed by atoms with Crippen molar-refractivity contribution in [3.8, 4) is 10.8 Å². The number of benzene rings is 1. The van der Waals surface area contributed by atoms with Gasteiger partial charge in [-0.25, -0.2) is 9.97 Å². The fourth-order valence-electron chi connectivity index (χ4n) is 2.12. The van der Waals surface area contributed by atoms with E-state index >= 15 is 0 Å². The molecule has 0 aliphatic carbocycles. The molecule has 4 aromatic rings. The fraction of sp³-hybridized carbons (Fsp3) is 0.200. The van der Waals surface area contributed by atoms with Crippen LogP contribution in [0.4, 0.5) is 0 Å². The van der Waals surface area contributed by atoms with Crippen LogP contribution in [0.2, 0.25) is 0 Å². The van der Waals surface area contributed by atoms with Crippen molar-refractivity contribution in [1.29, 1.82) is 0 Å². The molecule has 0 aliphatic rings. The zero-order chi connectivity index (χ0) is 15.8. The van der Waals surface area contributed by atoms with Gasteiger partial charge in [-0.2, -0.15) is 4.98 Å². The first-order valence-electron chi connectivity index (χ1n) is 6.92. The molecule has 0 bridgehead atoms. The number of aromatic nitrogens is 4. The van der Waals surface area contributed by atoms with Gasteiger partial charge in [-0.05, 0) is 31.5 Å². The van der Waals surface area contributed by atoms with Crippen molar-refractivity contribution in [2.24, 2.45) is 0 Å². The van der Waals surface area contributed by atoms with E-state index < -0.39 is 0 Å². The highest BCUT2D eigenvalue weighted by atomic mass is 32.2. The molecule has 0 N–H and O–H groups in total. The van der Waals surface area contributed by atoms with Gasteiger partial charge in [0, 0.05) is 0 Å². The second-order valence-corrected chi connectivity index (χ2v) is 6.80. The minimum absolute atomic E-state index is 0.508. The Hall–Kier alpha value is -2.19. The Morgan fingerprint density at radius 3 is 2.96 bits per heavy atom. The molecule has 4 rings (SSSR count). The lowest BCUT2D eigenvalue weighted by Gasteiger charge is -1.90. The third kappa shape index (κ3) is 2.87. The van der Waals surface area contributed by atoms with Crippen LogP contribution in [0.15, 0.2) is 37.9 Å². The lowest BCUT2D eigenvalue weighted by molar-refractivity contribution is 0.425. The Bertz CT molecular complexity index is 973. The molecule has 0 spiro atoms. The van der Waals surface area contributed by atoms with E-state index in [1.807, 2.05) is 32.0 Å². The van der Waals surface area contributed by atoms with Crippen LogP contribution in [0.5, 0.6) is 0 Å². The maximum atomic E-state index is 5.70. The summed E-state index contributed by atoms with van der Waals surface area (Å²) >= 11 is 2.93. The monoisotopic (exact) mass is 344 g/mol. The maximum absolute atomic E-state index is 5.70. The average Bonchev–Trinajstić information content (AvgIpc) is 3.23. The first-order chi connectivity index (χ1) is 11.2. The summed E-state index contributed by atoms with van der Waals surface area (Å²) in [4.78, 5) is 14.0. The molecular weight excluding hydrogens is 332 g/mol. The molecule has 23 heavy (non-hydrogen) atoms. The number of thioether (sulfide) groups is 1. The number of aryl methyl sites for hydroxylation is 2. The van der Waals surface area contributed by atoms with Crippen LogP contribution in [0.25, 0.3) is 21.9 Å². The fourth-order valence-corrected chi connectivity index (χ4v) is 3.52. The lowest BCUT2D eigenvalue weighted by Crippen LogP contribution is -1.84. The number of hydrogen-bond donors (Lipinski definition) is 0. The molecule has 0 unspecified atom stereocenters. The number of oxazole rings is 1. The van der Waals surface area contributed by atoms with Gasteiger partial charge < -0.3 is 8.94 Å². The van der Waals surface area contributed by atoms with Gasteiger partial charge in [0.1, 0.15) is 10.4 Å². The summed E-state index contributed by atoms with van der Waals surface area (Å²) in [5.74, 6) is 1.65. The SMILES string of the molecule is Cc1ccc2oc(SCc3noc(-c4scnc4C)n3)nc2c1. The topological polar surface area (TPSA) is 77.8 Å². The van der Waals surface area contributed by atoms with Gasteiger partial charge >= 0.3 is 0 Å². The summed E-state index contributed by atoms with van der Waals surface area (Å²) < 4.78 is 11.0. The molecule has 6 nitrogen and oxygen atoms in total. The highest BCUT2D eigenvalue weighted by Crippen LogP contribution is 2.28. The minimum atomic E-state index is 0.508. The zero-order valence-electron chi connectivity index (χ0n) is 12.4. The van der Waals surface area contributed by atoms with Gasteiger partial charge in [0.05, 0.1) is 17.0 Å². The zero-order valence-corrected chi connectivity index (χ0v) is 14.1. The van der Waals surface area contributed by atoms with Crippen LogP contribution < -0.4 is 0 Å². The summed E-state index contributed by atoms with van der Waals surface area (Å²) in [5.41, 5.74) is 5.47. The summed E-state index contributed by atoms with van der Waals surface area (Å²) in [7, 11) is 0. The van der Waals surface area contributed by atoms with Gasteiger partial charge in [0.15, 0.2) is 11.4 Å². The Labute approximate surface area is 140 Å². The Morgan fingerprint density at radius 1 is 1.22 bits per heavy atom. The molecular formula is C15H12N4O2S2. The molecule has 0 saturated heterocycles. The van der Waals surface area contributed by atoms with Crippen molar-refractivity contribution in [2.75, 3.05) is 0 Å². The summed E-state index contributed by atoms with van der Waals surface area (Å²) in [6.07, 6.45) is 0. The van der Waals surface area contributed by atoms with E-state index in [1.54, 1.807) is 5.51 Å². The van der Waals surface area contributed by atoms with Gasteiger partial charge in [0.2, 0.25) is 0 Å². The van der Waals surface area contributed by atoms with Crippen LogP contribution >= 0.6 is 23.1 Å². The van der Waals surface area contributed by atoms with Gasteiger partial charge in [-0.1, -0.05) is 23.0 Å². The van der Waals surface area contributed by atoms with Crippen LogP contribution in [-0.2, 0) is 5.75 Å². The molecule has 0 aliphatic heterocycles. The number of nitrogens with zero attached hydrogens (tertiary/aromatic N) is 4. The Morgan fingerprint density at radius 2 is 2.13 bits per heavy atom. The highest BCUT2D eigenvalue weighted by Gasteiger charge is 2.14. The smallest absolute Gasteiger partial charge is 0.269 e. The Kier molecular flexibility index (Phi) is 3.62. The van der Waals surface area contributed by atoms with Crippen molar-refractivity contribution in [3.63, 3.8) is 0 Å². The molecule has 0 saturated carbocycles. The van der Waals surface area contributed by atoms with Crippen molar-refractivity contribution in [1.82, 2.24) is 20.1 Å². The summed E-state index contributed by atoms with van der Waals surface area (Å²) in [6.45, 7) is 3.95. The van der Waals surface area contributed by atoms with Crippen LogP contribution in [-0.4, -0.2) is 20.1 Å². The van der Waals surface area contributed by atoms with Gasteiger partial charge in [-0.3, -0.25) is 0 Å². The number of hydrogen-bond acceptors (Lipinski definition) is 8. The molecule has 3 aromatic heterocycles. The molecule has 8 heteroatoms. The largest absolute Gasteiger partial charge is 0.431 e. The molecule has 1 aromatic carbocycles. The third-order valence-electron chi connectivity index (χ3n) is 3.26. The van der Waals surface area contributed by atoms with Crippen LogP contribution in [0.3, 0.4) is 0 Å². The molecule has 0 atom stereocenters. The van der Waals surface area contributed by atoms with E-state index in [0.29, 0.717) is 22.7 Å². The van der Waals surface area contributed by atoms with E-state index in [-0.39, 0.29) is 0 Å². The third-order valence-corrected chi connectivity index (χ3v) is 5.00. The van der Waals surface area contributed by atoms with Crippen molar-refractivity contribution in [2.45, 2.75) is 24.8 Å². The van der Waals surface area contributed by atoms with Crippen molar-refractivity contribution in [3.05, 3.63) is 40.8 Å². The maximum Gasteiger partial charge on any atom is 0.269 e. The van der Waals surface area contributed by atoms with E-state index in [0.717, 1.165) is 27.2 Å². The number of fused-ring (bicyclic) bond motifs is 1. The van der Waals surface area contributed by atoms with Gasteiger partial charge in [-0.15, -0.1) is 11.3 Å². The second kappa shape index (κ2) is 5.78. The summed E-state index contributed by atoms with van der Waals surface area (Å²) in [6, 6.07) is 5.94. The van der Waals surface area contributed by atoms with E-state index in [4.69, 9.17) is 8.94 Å². The standard InChI is InChI=1S/C15H12N4O2S2/c1-8-3-4-11-10(5-8)17-15(20-11)22-6-12-18-14(21-19-12)13-9(2)16-7-23-13/h3-5,7H,6H2,1-2H3. The van der Waals surface area contributed by atoms with E-state index in [1.165, 1.54) is 23.1 Å². The Balaban J connectivity index is 1.50. The molecule has 0 fully saturated rings. The van der Waals surface area contributed by atoms with E-state index in [2.05, 4.69) is 20.1 Å². The second-order valence-electron chi connectivity index (χ2n) is 5.02. The predicted octanol–water partition coefficient (Wildman–Crippen LogP) is 4.24. The minimum Gasteiger partial charge on any atom is -0.431 e. The quantitative estimate of drug-likeness (QED) is 0.512. The predicted molar refractivity (Wildman–Crippen MR) is 88.5 cm³/mol. The number of thiazole rings is 1. The molecule has 116 valence electrons. The normalized spacial score (nSPS) is 11.4. The lowest BCUT2D eigenvalue weighted by atomic mass is 10.2.